The average Bonchev–Trinajstić information content (AvgIpc) is 2.70. The number of nitrogens with one attached hydrogen (secondary N) is 2. The normalized spacial score (nSPS) is 18.8. The lowest BCUT2D eigenvalue weighted by Crippen LogP contribution is -2.49. The second kappa shape index (κ2) is 14.0. The highest BCUT2D eigenvalue weighted by Crippen LogP contribution is 2.19. The summed E-state index contributed by atoms with van der Waals surface area (Å²) in [4.78, 5) is 7.13. The first kappa shape index (κ1) is 26.0. The van der Waals surface area contributed by atoms with Crippen molar-refractivity contribution in [1.82, 2.24) is 15.5 Å². The Morgan fingerprint density at radius 3 is 2.55 bits per heavy atom. The molecule has 1 aliphatic heterocycles. The van der Waals surface area contributed by atoms with E-state index in [2.05, 4.69) is 34.4 Å². The number of ether oxygens (including phenoxy) is 1. The van der Waals surface area contributed by atoms with Gasteiger partial charge in [-0.3, -0.25) is 9.89 Å². The summed E-state index contributed by atoms with van der Waals surface area (Å²) < 4.78 is 5.65. The van der Waals surface area contributed by atoms with Crippen molar-refractivity contribution in [2.45, 2.75) is 65.2 Å². The number of hydrogen-bond acceptors (Lipinski definition) is 4. The van der Waals surface area contributed by atoms with E-state index in [0.29, 0.717) is 12.6 Å². The van der Waals surface area contributed by atoms with Crippen LogP contribution in [0.2, 0.25) is 0 Å². The van der Waals surface area contributed by atoms with Crippen LogP contribution in [0.1, 0.15) is 58.6 Å². The van der Waals surface area contributed by atoms with Gasteiger partial charge in [0, 0.05) is 19.1 Å². The standard InChI is InChI=1S/C22H38N4O2.HI/c1-5-23-22(24-15-19-9-7-8-14-26(19)6-2)25-16-21(27)18-10-12-20(13-11-18)28-17(3)4;/h10-13,17,19,21,27H,5-9,14-16H2,1-4H3,(H2,23,24,25);1H. The number of benzene rings is 1. The zero-order valence-corrected chi connectivity index (χ0v) is 20.7. The Morgan fingerprint density at radius 2 is 1.93 bits per heavy atom. The predicted molar refractivity (Wildman–Crippen MR) is 131 cm³/mol. The Morgan fingerprint density at radius 1 is 1.21 bits per heavy atom. The molecule has 6 nitrogen and oxygen atoms in total. The molecule has 0 bridgehead atoms. The van der Waals surface area contributed by atoms with E-state index >= 15 is 0 Å². The first-order valence-corrected chi connectivity index (χ1v) is 10.7. The second-order valence-electron chi connectivity index (χ2n) is 7.63. The van der Waals surface area contributed by atoms with E-state index < -0.39 is 6.10 Å². The van der Waals surface area contributed by atoms with Crippen molar-refractivity contribution in [3.63, 3.8) is 0 Å². The maximum atomic E-state index is 10.5. The monoisotopic (exact) mass is 518 g/mol. The fraction of sp³-hybridized carbons (Fsp3) is 0.682. The second-order valence-corrected chi connectivity index (χ2v) is 7.63. The molecule has 0 saturated carbocycles. The number of aliphatic hydroxyl groups is 1. The van der Waals surface area contributed by atoms with E-state index in [-0.39, 0.29) is 30.1 Å². The number of likely N-dealkylation sites (tertiary alicyclic amines) is 1. The highest BCUT2D eigenvalue weighted by atomic mass is 127. The van der Waals surface area contributed by atoms with Crippen LogP contribution in [0, 0.1) is 0 Å². The van der Waals surface area contributed by atoms with E-state index in [9.17, 15) is 5.11 Å². The first-order chi connectivity index (χ1) is 13.5. The summed E-state index contributed by atoms with van der Waals surface area (Å²) >= 11 is 0. The number of likely N-dealkylation sites (N-methyl/N-ethyl adjacent to an activating group) is 1. The zero-order chi connectivity index (χ0) is 20.4. The molecule has 1 aliphatic rings. The fourth-order valence-corrected chi connectivity index (χ4v) is 3.59. The molecule has 2 rings (SSSR count). The number of piperidine rings is 1. The maximum Gasteiger partial charge on any atom is 0.191 e. The lowest BCUT2D eigenvalue weighted by atomic mass is 10.0. The van der Waals surface area contributed by atoms with E-state index in [1.807, 2.05) is 38.1 Å². The highest BCUT2D eigenvalue weighted by Gasteiger charge is 2.20. The van der Waals surface area contributed by atoms with Gasteiger partial charge in [0.1, 0.15) is 5.75 Å². The summed E-state index contributed by atoms with van der Waals surface area (Å²) in [5.74, 6) is 1.58. The molecular weight excluding hydrogens is 479 g/mol. The average molecular weight is 518 g/mol. The lowest BCUT2D eigenvalue weighted by molar-refractivity contribution is 0.157. The summed E-state index contributed by atoms with van der Waals surface area (Å²) in [6.07, 6.45) is 3.33. The van der Waals surface area contributed by atoms with Crippen molar-refractivity contribution in [2.24, 2.45) is 4.99 Å². The quantitative estimate of drug-likeness (QED) is 0.265. The summed E-state index contributed by atoms with van der Waals surface area (Å²) in [6.45, 7) is 12.6. The smallest absolute Gasteiger partial charge is 0.191 e. The Bertz CT molecular complexity index is 595. The number of rotatable bonds is 9. The number of nitrogens with zero attached hydrogens (tertiary/aromatic N) is 2. The van der Waals surface area contributed by atoms with Crippen molar-refractivity contribution < 1.29 is 9.84 Å². The zero-order valence-electron chi connectivity index (χ0n) is 18.4. The van der Waals surface area contributed by atoms with Crippen LogP contribution in [-0.2, 0) is 0 Å². The molecule has 3 N–H and O–H groups in total. The Balaban J connectivity index is 0.00000420. The van der Waals surface area contributed by atoms with Gasteiger partial charge < -0.3 is 20.5 Å². The van der Waals surface area contributed by atoms with E-state index in [4.69, 9.17) is 4.74 Å². The molecule has 2 atom stereocenters. The molecule has 0 spiro atoms. The number of aliphatic imine (C=N–C) groups is 1. The van der Waals surface area contributed by atoms with E-state index in [0.717, 1.165) is 36.9 Å². The summed E-state index contributed by atoms with van der Waals surface area (Å²) in [6, 6.07) is 8.15. The number of halogens is 1. The molecule has 7 heteroatoms. The topological polar surface area (TPSA) is 69.1 Å². The molecule has 166 valence electrons. The van der Waals surface area contributed by atoms with Crippen LogP contribution in [0.5, 0.6) is 5.75 Å². The van der Waals surface area contributed by atoms with Gasteiger partial charge >= 0.3 is 0 Å². The van der Waals surface area contributed by atoms with Gasteiger partial charge in [0.05, 0.1) is 18.8 Å². The highest BCUT2D eigenvalue weighted by molar-refractivity contribution is 14.0. The lowest BCUT2D eigenvalue weighted by Gasteiger charge is -2.35. The molecule has 1 heterocycles. The van der Waals surface area contributed by atoms with Gasteiger partial charge in [0.15, 0.2) is 5.96 Å². The molecular formula is C22H39IN4O2. The van der Waals surface area contributed by atoms with Crippen LogP contribution < -0.4 is 15.4 Å². The summed E-state index contributed by atoms with van der Waals surface area (Å²) in [7, 11) is 0. The van der Waals surface area contributed by atoms with Gasteiger partial charge in [-0.25, -0.2) is 0 Å². The third kappa shape index (κ3) is 9.09. The maximum absolute atomic E-state index is 10.5. The molecule has 1 saturated heterocycles. The Hall–Kier alpha value is -1.06. The van der Waals surface area contributed by atoms with Gasteiger partial charge in [-0.05, 0) is 64.4 Å². The molecule has 2 unspecified atom stereocenters. The number of hydrogen-bond donors (Lipinski definition) is 3. The van der Waals surface area contributed by atoms with Crippen LogP contribution in [0.3, 0.4) is 0 Å². The molecule has 0 aromatic heterocycles. The van der Waals surface area contributed by atoms with Crippen molar-refractivity contribution in [3.8, 4) is 5.75 Å². The van der Waals surface area contributed by atoms with Crippen molar-refractivity contribution >= 4 is 29.9 Å². The molecule has 0 aliphatic carbocycles. The van der Waals surface area contributed by atoms with Gasteiger partial charge in [-0.2, -0.15) is 0 Å². The van der Waals surface area contributed by atoms with Crippen LogP contribution >= 0.6 is 24.0 Å². The minimum absolute atomic E-state index is 0. The van der Waals surface area contributed by atoms with Crippen LogP contribution in [-0.4, -0.2) is 60.8 Å². The molecule has 29 heavy (non-hydrogen) atoms. The Kier molecular flexibility index (Phi) is 12.6. The van der Waals surface area contributed by atoms with E-state index in [1.165, 1.54) is 25.8 Å². The molecule has 0 amide bonds. The third-order valence-electron chi connectivity index (χ3n) is 5.06. The third-order valence-corrected chi connectivity index (χ3v) is 5.06. The van der Waals surface area contributed by atoms with Gasteiger partial charge in [0.25, 0.3) is 0 Å². The van der Waals surface area contributed by atoms with Gasteiger partial charge in [-0.15, -0.1) is 24.0 Å². The first-order valence-electron chi connectivity index (χ1n) is 10.7. The molecule has 1 aromatic rings. The van der Waals surface area contributed by atoms with E-state index in [1.54, 1.807) is 0 Å². The van der Waals surface area contributed by atoms with Crippen LogP contribution in [0.4, 0.5) is 0 Å². The largest absolute Gasteiger partial charge is 0.491 e. The number of aliphatic hydroxyl groups excluding tert-OH is 1. The summed E-state index contributed by atoms with van der Waals surface area (Å²) in [5, 5.41) is 17.2. The predicted octanol–water partition coefficient (Wildman–Crippen LogP) is 3.55. The fourth-order valence-electron chi connectivity index (χ4n) is 3.59. The summed E-state index contributed by atoms with van der Waals surface area (Å²) in [5.41, 5.74) is 0.847. The van der Waals surface area contributed by atoms with Gasteiger partial charge in [0.2, 0.25) is 0 Å². The minimum Gasteiger partial charge on any atom is -0.491 e. The van der Waals surface area contributed by atoms with Crippen molar-refractivity contribution in [1.29, 1.82) is 0 Å². The van der Waals surface area contributed by atoms with Crippen molar-refractivity contribution in [2.75, 3.05) is 32.7 Å². The minimum atomic E-state index is -0.634. The molecule has 0 radical (unpaired) electrons. The van der Waals surface area contributed by atoms with Crippen molar-refractivity contribution in [3.05, 3.63) is 29.8 Å². The molecule has 1 aromatic carbocycles. The van der Waals surface area contributed by atoms with Crippen LogP contribution in [0.15, 0.2) is 29.3 Å². The van der Waals surface area contributed by atoms with Gasteiger partial charge in [-0.1, -0.05) is 25.5 Å². The molecule has 1 fully saturated rings. The SMILES string of the molecule is CCNC(=NCC(O)c1ccc(OC(C)C)cc1)NCC1CCCCN1CC.I. The Labute approximate surface area is 193 Å². The number of guanidine groups is 1. The van der Waals surface area contributed by atoms with Crippen LogP contribution in [0.25, 0.3) is 0 Å².